The van der Waals surface area contributed by atoms with Gasteiger partial charge in [0.25, 0.3) is 5.56 Å². The summed E-state index contributed by atoms with van der Waals surface area (Å²) in [5, 5.41) is 11.2. The summed E-state index contributed by atoms with van der Waals surface area (Å²) in [5.74, 6) is -13.7. The van der Waals surface area contributed by atoms with E-state index in [0.717, 1.165) is 36.5 Å². The highest BCUT2D eigenvalue weighted by Crippen LogP contribution is 2.36. The summed E-state index contributed by atoms with van der Waals surface area (Å²) in [6, 6.07) is 14.7. The molecule has 0 atom stereocenters. The van der Waals surface area contributed by atoms with E-state index in [2.05, 4.69) is 4.99 Å². The zero-order valence-corrected chi connectivity index (χ0v) is 20.7. The van der Waals surface area contributed by atoms with Crippen molar-refractivity contribution in [3.05, 3.63) is 123 Å². The molecule has 1 aromatic heterocycles. The Bertz CT molecular complexity index is 1900. The molecule has 0 saturated carbocycles. The van der Waals surface area contributed by atoms with Crippen molar-refractivity contribution in [2.24, 2.45) is 4.99 Å². The molecule has 5 aromatic rings. The molecule has 0 radical (unpaired) electrons. The lowest BCUT2D eigenvalue weighted by molar-refractivity contribution is -0.137. The molecule has 5 nitrogen and oxygen atoms in total. The molecule has 214 valence electrons. The number of nitrogens with zero attached hydrogens (tertiary/aromatic N) is 2. The third kappa shape index (κ3) is 4.93. The van der Waals surface area contributed by atoms with Crippen LogP contribution in [0.25, 0.3) is 16.5 Å². The van der Waals surface area contributed by atoms with Gasteiger partial charge in [0.1, 0.15) is 5.75 Å². The number of benzene rings is 4. The first-order chi connectivity index (χ1) is 19.9. The number of hydrogen-bond acceptors (Lipinski definition) is 4. The van der Waals surface area contributed by atoms with Gasteiger partial charge in [-0.25, -0.2) is 17.7 Å². The summed E-state index contributed by atoms with van der Waals surface area (Å²) in [6.07, 6.45) is -3.76. The normalized spacial score (nSPS) is 11.9. The maximum absolute atomic E-state index is 13.9. The minimum atomic E-state index is -4.84. The number of hydrogen-bond donors (Lipinski definition) is 1. The molecule has 0 aliphatic carbocycles. The number of alkyl halides is 3. The van der Waals surface area contributed by atoms with Crippen molar-refractivity contribution in [3.8, 4) is 23.1 Å². The first-order valence-electron chi connectivity index (χ1n) is 11.8. The largest absolute Gasteiger partial charge is 0.494 e. The SMILES string of the molecule is O=c1c2ccccc2c(C=Nc2ccc(Oc3c(F)c(F)c(F)c(F)c3F)cc2)c(O)n1-c1ccccc1C(F)(F)F. The zero-order valence-electron chi connectivity index (χ0n) is 20.7. The second kappa shape index (κ2) is 10.7. The van der Waals surface area contributed by atoms with Gasteiger partial charge in [-0.15, -0.1) is 0 Å². The number of fused-ring (bicyclic) bond motifs is 1. The number of ether oxygens (including phenoxy) is 1. The van der Waals surface area contributed by atoms with Crippen molar-refractivity contribution >= 4 is 22.7 Å². The zero-order chi connectivity index (χ0) is 30.3. The Morgan fingerprint density at radius 2 is 1.29 bits per heavy atom. The van der Waals surface area contributed by atoms with Crippen LogP contribution < -0.4 is 10.3 Å². The predicted molar refractivity (Wildman–Crippen MR) is 136 cm³/mol. The van der Waals surface area contributed by atoms with Crippen molar-refractivity contribution in [2.75, 3.05) is 0 Å². The molecule has 0 aliphatic heterocycles. The fraction of sp³-hybridized carbons (Fsp3) is 0.0345. The first kappa shape index (κ1) is 28.3. The van der Waals surface area contributed by atoms with Gasteiger partial charge in [0.15, 0.2) is 0 Å². The fourth-order valence-electron chi connectivity index (χ4n) is 4.15. The van der Waals surface area contributed by atoms with Gasteiger partial charge in [0, 0.05) is 17.0 Å². The van der Waals surface area contributed by atoms with E-state index in [-0.39, 0.29) is 27.8 Å². The van der Waals surface area contributed by atoms with Crippen LogP contribution in [0.5, 0.6) is 17.4 Å². The molecule has 0 saturated heterocycles. The summed E-state index contributed by atoms with van der Waals surface area (Å²) in [5.41, 5.74) is -2.67. The van der Waals surface area contributed by atoms with Gasteiger partial charge in [0.05, 0.1) is 22.5 Å². The van der Waals surface area contributed by atoms with Gasteiger partial charge in [-0.2, -0.15) is 22.0 Å². The summed E-state index contributed by atoms with van der Waals surface area (Å²) < 4.78 is 115. The molecule has 5 rings (SSSR count). The Morgan fingerprint density at radius 3 is 1.90 bits per heavy atom. The van der Waals surface area contributed by atoms with Crippen LogP contribution >= 0.6 is 0 Å². The Kier molecular flexibility index (Phi) is 7.19. The van der Waals surface area contributed by atoms with E-state index >= 15 is 0 Å². The van der Waals surface area contributed by atoms with E-state index in [1.807, 2.05) is 0 Å². The van der Waals surface area contributed by atoms with Crippen LogP contribution in [0.4, 0.5) is 40.8 Å². The average molecular weight is 590 g/mol. The van der Waals surface area contributed by atoms with E-state index in [4.69, 9.17) is 4.74 Å². The number of aliphatic imine (C=N–C) groups is 1. The molecule has 0 unspecified atom stereocenters. The third-order valence-corrected chi connectivity index (χ3v) is 6.12. The molecule has 1 N–H and O–H groups in total. The second-order valence-electron chi connectivity index (χ2n) is 8.69. The molecule has 0 fully saturated rings. The Balaban J connectivity index is 1.55. The molecule has 4 aromatic carbocycles. The van der Waals surface area contributed by atoms with Crippen molar-refractivity contribution in [1.29, 1.82) is 0 Å². The van der Waals surface area contributed by atoms with Crippen molar-refractivity contribution < 1.29 is 45.0 Å². The van der Waals surface area contributed by atoms with Gasteiger partial charge in [0.2, 0.25) is 40.7 Å². The Morgan fingerprint density at radius 1 is 0.738 bits per heavy atom. The van der Waals surface area contributed by atoms with Crippen LogP contribution in [-0.2, 0) is 6.18 Å². The van der Waals surface area contributed by atoms with Crippen LogP contribution in [0.2, 0.25) is 0 Å². The number of para-hydroxylation sites is 1. The van der Waals surface area contributed by atoms with Crippen LogP contribution in [0.1, 0.15) is 11.1 Å². The lowest BCUT2D eigenvalue weighted by Crippen LogP contribution is -2.23. The van der Waals surface area contributed by atoms with Gasteiger partial charge < -0.3 is 9.84 Å². The molecule has 0 spiro atoms. The molecule has 1 heterocycles. The minimum Gasteiger partial charge on any atom is -0.494 e. The number of aromatic nitrogens is 1. The molecule has 0 aliphatic rings. The number of halogens is 8. The highest BCUT2D eigenvalue weighted by Gasteiger charge is 2.35. The lowest BCUT2D eigenvalue weighted by Gasteiger charge is -2.18. The third-order valence-electron chi connectivity index (χ3n) is 6.12. The summed E-state index contributed by atoms with van der Waals surface area (Å²) in [4.78, 5) is 17.4. The maximum Gasteiger partial charge on any atom is 0.418 e. The first-order valence-corrected chi connectivity index (χ1v) is 11.8. The molecular weight excluding hydrogens is 576 g/mol. The van der Waals surface area contributed by atoms with Crippen LogP contribution in [0.15, 0.2) is 82.6 Å². The van der Waals surface area contributed by atoms with Gasteiger partial charge in [-0.05, 0) is 42.5 Å². The fourth-order valence-corrected chi connectivity index (χ4v) is 4.15. The van der Waals surface area contributed by atoms with E-state index in [1.54, 1.807) is 0 Å². The lowest BCUT2D eigenvalue weighted by atomic mass is 10.1. The van der Waals surface area contributed by atoms with Crippen molar-refractivity contribution in [3.63, 3.8) is 0 Å². The summed E-state index contributed by atoms with van der Waals surface area (Å²) in [7, 11) is 0. The quantitative estimate of drug-likeness (QED) is 0.0978. The average Bonchev–Trinajstić information content (AvgIpc) is 2.98. The highest BCUT2D eigenvalue weighted by molar-refractivity contribution is 6.02. The monoisotopic (exact) mass is 590 g/mol. The number of rotatable bonds is 5. The van der Waals surface area contributed by atoms with Gasteiger partial charge in [-0.3, -0.25) is 9.79 Å². The summed E-state index contributed by atoms with van der Waals surface area (Å²) in [6.45, 7) is 0. The Hall–Kier alpha value is -5.20. The van der Waals surface area contributed by atoms with E-state index in [0.29, 0.717) is 4.57 Å². The van der Waals surface area contributed by atoms with Gasteiger partial charge in [-0.1, -0.05) is 30.3 Å². The van der Waals surface area contributed by atoms with Crippen LogP contribution in [0, 0.1) is 29.1 Å². The van der Waals surface area contributed by atoms with Crippen molar-refractivity contribution in [1.82, 2.24) is 4.57 Å². The second-order valence-corrected chi connectivity index (χ2v) is 8.69. The molecule has 13 heteroatoms. The molecule has 0 amide bonds. The molecule has 42 heavy (non-hydrogen) atoms. The maximum atomic E-state index is 13.9. The number of aromatic hydroxyl groups is 1. The predicted octanol–water partition coefficient (Wildman–Crippen LogP) is 7.95. The highest BCUT2D eigenvalue weighted by atomic mass is 19.4. The molecular formula is C29H14F8N2O3. The number of pyridine rings is 1. The topological polar surface area (TPSA) is 63.8 Å². The van der Waals surface area contributed by atoms with E-state index < -0.39 is 63.7 Å². The van der Waals surface area contributed by atoms with Crippen LogP contribution in [-0.4, -0.2) is 15.9 Å². The van der Waals surface area contributed by atoms with E-state index in [1.165, 1.54) is 42.5 Å². The minimum absolute atomic E-state index is 0.0136. The van der Waals surface area contributed by atoms with E-state index in [9.17, 15) is 45.0 Å². The summed E-state index contributed by atoms with van der Waals surface area (Å²) >= 11 is 0. The van der Waals surface area contributed by atoms with Crippen LogP contribution in [0.3, 0.4) is 0 Å². The smallest absolute Gasteiger partial charge is 0.418 e. The molecule has 0 bridgehead atoms. The Labute approximate surface area is 230 Å². The standard InChI is InChI=1S/C29H14F8N2O3/c30-21-22(31)24(33)26(25(34)23(21)32)42-15-11-9-14(10-12-15)38-13-18-16-5-1-2-6-17(16)27(40)39(28(18)41)20-8-4-3-7-19(20)29(35,36)37/h1-13,41H. The van der Waals surface area contributed by atoms with Gasteiger partial charge >= 0.3 is 6.18 Å². The van der Waals surface area contributed by atoms with Crippen molar-refractivity contribution in [2.45, 2.75) is 6.18 Å².